The fourth-order valence-electron chi connectivity index (χ4n) is 4.80. The lowest BCUT2D eigenvalue weighted by molar-refractivity contribution is -0.123. The number of halogens is 2. The smallest absolute Gasteiger partial charge is 0.237 e. The van der Waals surface area contributed by atoms with Gasteiger partial charge in [0.05, 0.1) is 6.04 Å². The molecule has 2 N–H and O–H groups in total. The molecule has 0 bridgehead atoms. The molecule has 7 heteroatoms. The van der Waals surface area contributed by atoms with Crippen LogP contribution in [0.2, 0.25) is 0 Å². The van der Waals surface area contributed by atoms with Crippen molar-refractivity contribution in [1.29, 1.82) is 0 Å². The number of piperidine rings is 1. The molecule has 152 valence electrons. The van der Waals surface area contributed by atoms with Crippen LogP contribution in [0.4, 0.5) is 0 Å². The van der Waals surface area contributed by atoms with Gasteiger partial charge in [-0.1, -0.05) is 12.8 Å². The van der Waals surface area contributed by atoms with Crippen LogP contribution in [0.3, 0.4) is 0 Å². The van der Waals surface area contributed by atoms with Crippen LogP contribution in [-0.4, -0.2) is 47.0 Å². The van der Waals surface area contributed by atoms with Gasteiger partial charge in [0.15, 0.2) is 0 Å². The summed E-state index contributed by atoms with van der Waals surface area (Å²) in [6.45, 7) is 3.09. The van der Waals surface area contributed by atoms with E-state index in [0.29, 0.717) is 12.1 Å². The van der Waals surface area contributed by atoms with Gasteiger partial charge in [0, 0.05) is 44.1 Å². The number of carbonyl (C=O) groups excluding carboxylic acids is 1. The standard InChI is InChI=1S/C20H30N4O.2ClH/c25-20(19-13-16-3-1-2-4-18(16)23-19)22-17-7-11-24(12-8-17)14-15-5-9-21-10-6-15;;/h5-6,9-10,16-19,23H,1-4,7-8,11-14H2,(H,22,25);2*1H. The number of nitrogens with zero attached hydrogens (tertiary/aromatic N) is 2. The monoisotopic (exact) mass is 414 g/mol. The fraction of sp³-hybridized carbons (Fsp3) is 0.700. The van der Waals surface area contributed by atoms with Gasteiger partial charge in [0.2, 0.25) is 5.91 Å². The molecule has 1 aliphatic carbocycles. The van der Waals surface area contributed by atoms with Crippen LogP contribution in [0.25, 0.3) is 0 Å². The molecule has 1 amide bonds. The molecular formula is C20H32Cl2N4O. The van der Waals surface area contributed by atoms with Crippen molar-refractivity contribution in [3.8, 4) is 0 Å². The minimum Gasteiger partial charge on any atom is -0.352 e. The van der Waals surface area contributed by atoms with Gasteiger partial charge in [0.1, 0.15) is 0 Å². The van der Waals surface area contributed by atoms with Crippen molar-refractivity contribution in [2.45, 2.75) is 69.6 Å². The Balaban J connectivity index is 0.00000131. The van der Waals surface area contributed by atoms with Crippen molar-refractivity contribution in [3.63, 3.8) is 0 Å². The second-order valence-corrected chi connectivity index (χ2v) is 8.02. The van der Waals surface area contributed by atoms with Gasteiger partial charge in [0.25, 0.3) is 0 Å². The number of fused-ring (bicyclic) bond motifs is 1. The van der Waals surface area contributed by atoms with E-state index in [9.17, 15) is 4.79 Å². The minimum absolute atomic E-state index is 0. The van der Waals surface area contributed by atoms with Crippen LogP contribution in [0.5, 0.6) is 0 Å². The summed E-state index contributed by atoms with van der Waals surface area (Å²) in [4.78, 5) is 19.2. The van der Waals surface area contributed by atoms with E-state index in [1.807, 2.05) is 12.4 Å². The maximum Gasteiger partial charge on any atom is 0.237 e. The lowest BCUT2D eigenvalue weighted by Gasteiger charge is -2.32. The number of amides is 1. The van der Waals surface area contributed by atoms with Crippen molar-refractivity contribution in [2.24, 2.45) is 5.92 Å². The lowest BCUT2D eigenvalue weighted by atomic mass is 9.85. The minimum atomic E-state index is 0. The van der Waals surface area contributed by atoms with E-state index >= 15 is 0 Å². The first-order chi connectivity index (χ1) is 12.3. The highest BCUT2D eigenvalue weighted by atomic mass is 35.5. The van der Waals surface area contributed by atoms with E-state index in [1.165, 1.54) is 31.2 Å². The second-order valence-electron chi connectivity index (χ2n) is 8.02. The summed E-state index contributed by atoms with van der Waals surface area (Å²) in [6.07, 6.45) is 12.1. The molecular weight excluding hydrogens is 383 g/mol. The summed E-state index contributed by atoms with van der Waals surface area (Å²) in [5.41, 5.74) is 1.32. The first kappa shape index (κ1) is 22.4. The molecule has 5 nitrogen and oxygen atoms in total. The Morgan fingerprint density at radius 3 is 2.52 bits per heavy atom. The number of aromatic nitrogens is 1. The Kier molecular flexibility index (Phi) is 8.80. The van der Waals surface area contributed by atoms with E-state index in [4.69, 9.17) is 0 Å². The molecule has 4 rings (SSSR count). The molecule has 3 atom stereocenters. The van der Waals surface area contributed by atoms with E-state index in [1.54, 1.807) is 0 Å². The number of rotatable bonds is 4. The summed E-state index contributed by atoms with van der Waals surface area (Å²) in [6, 6.07) is 5.14. The van der Waals surface area contributed by atoms with Gasteiger partial charge in [-0.25, -0.2) is 0 Å². The Morgan fingerprint density at radius 2 is 1.81 bits per heavy atom. The zero-order valence-electron chi connectivity index (χ0n) is 15.8. The van der Waals surface area contributed by atoms with Gasteiger partial charge in [-0.05, 0) is 55.7 Å². The fourth-order valence-corrected chi connectivity index (χ4v) is 4.80. The molecule has 1 aromatic heterocycles. The van der Waals surface area contributed by atoms with Crippen LogP contribution < -0.4 is 10.6 Å². The normalized spacial score (nSPS) is 28.5. The summed E-state index contributed by atoms with van der Waals surface area (Å²) >= 11 is 0. The summed E-state index contributed by atoms with van der Waals surface area (Å²) in [7, 11) is 0. The summed E-state index contributed by atoms with van der Waals surface area (Å²) < 4.78 is 0. The highest BCUT2D eigenvalue weighted by molar-refractivity contribution is 5.85. The van der Waals surface area contributed by atoms with Gasteiger partial charge in [-0.2, -0.15) is 0 Å². The predicted octanol–water partition coefficient (Wildman–Crippen LogP) is 2.93. The Morgan fingerprint density at radius 1 is 1.11 bits per heavy atom. The summed E-state index contributed by atoms with van der Waals surface area (Å²) in [5.74, 6) is 0.966. The topological polar surface area (TPSA) is 57.3 Å². The number of hydrogen-bond donors (Lipinski definition) is 2. The number of carbonyl (C=O) groups is 1. The molecule has 3 heterocycles. The van der Waals surface area contributed by atoms with E-state index in [2.05, 4.69) is 32.7 Å². The van der Waals surface area contributed by atoms with Crippen molar-refractivity contribution < 1.29 is 4.79 Å². The Bertz CT molecular complexity index is 567. The van der Waals surface area contributed by atoms with E-state index in [0.717, 1.165) is 44.8 Å². The second kappa shape index (κ2) is 10.6. The Hall–Kier alpha value is -0.880. The Labute approximate surface area is 174 Å². The van der Waals surface area contributed by atoms with Gasteiger partial charge >= 0.3 is 0 Å². The quantitative estimate of drug-likeness (QED) is 0.794. The van der Waals surface area contributed by atoms with Gasteiger partial charge in [-0.15, -0.1) is 24.8 Å². The van der Waals surface area contributed by atoms with Gasteiger partial charge in [-0.3, -0.25) is 14.7 Å². The van der Waals surface area contributed by atoms with E-state index in [-0.39, 0.29) is 36.8 Å². The van der Waals surface area contributed by atoms with Crippen LogP contribution in [-0.2, 0) is 11.3 Å². The average molecular weight is 415 g/mol. The molecule has 3 unspecified atom stereocenters. The number of likely N-dealkylation sites (tertiary alicyclic amines) is 1. The van der Waals surface area contributed by atoms with Gasteiger partial charge < -0.3 is 10.6 Å². The van der Waals surface area contributed by atoms with Crippen LogP contribution in [0.15, 0.2) is 24.5 Å². The van der Waals surface area contributed by atoms with Crippen molar-refractivity contribution in [1.82, 2.24) is 20.5 Å². The first-order valence-corrected chi connectivity index (χ1v) is 9.95. The highest BCUT2D eigenvalue weighted by Gasteiger charge is 2.38. The molecule has 0 spiro atoms. The first-order valence-electron chi connectivity index (χ1n) is 9.95. The third-order valence-corrected chi connectivity index (χ3v) is 6.27. The molecule has 1 saturated carbocycles. The molecule has 2 saturated heterocycles. The van der Waals surface area contributed by atoms with Crippen molar-refractivity contribution in [2.75, 3.05) is 13.1 Å². The number of pyridine rings is 1. The van der Waals surface area contributed by atoms with Crippen molar-refractivity contribution in [3.05, 3.63) is 30.1 Å². The zero-order valence-corrected chi connectivity index (χ0v) is 17.4. The van der Waals surface area contributed by atoms with E-state index < -0.39 is 0 Å². The molecule has 1 aromatic rings. The molecule has 3 fully saturated rings. The molecule has 2 aliphatic heterocycles. The lowest BCUT2D eigenvalue weighted by Crippen LogP contribution is -2.50. The molecule has 0 aromatic carbocycles. The zero-order chi connectivity index (χ0) is 17.1. The maximum absolute atomic E-state index is 12.6. The highest BCUT2D eigenvalue weighted by Crippen LogP contribution is 2.33. The third-order valence-electron chi connectivity index (χ3n) is 6.27. The predicted molar refractivity (Wildman–Crippen MR) is 112 cm³/mol. The van der Waals surface area contributed by atoms with Crippen LogP contribution in [0.1, 0.15) is 50.5 Å². The van der Waals surface area contributed by atoms with Crippen LogP contribution >= 0.6 is 24.8 Å². The molecule has 27 heavy (non-hydrogen) atoms. The third kappa shape index (κ3) is 5.80. The summed E-state index contributed by atoms with van der Waals surface area (Å²) in [5, 5.41) is 6.91. The number of nitrogens with one attached hydrogen (secondary N) is 2. The van der Waals surface area contributed by atoms with Crippen molar-refractivity contribution >= 4 is 30.7 Å². The SMILES string of the molecule is Cl.Cl.O=C(NC1CCN(Cc2ccncc2)CC1)C1CC2CCCCC2N1. The van der Waals surface area contributed by atoms with Crippen LogP contribution in [0, 0.1) is 5.92 Å². The average Bonchev–Trinajstić information content (AvgIpc) is 3.09. The number of hydrogen-bond acceptors (Lipinski definition) is 4. The molecule has 3 aliphatic rings. The largest absolute Gasteiger partial charge is 0.352 e. The molecule has 0 radical (unpaired) electrons. The maximum atomic E-state index is 12.6.